The number of fused-ring (bicyclic) bond motifs is 1. The molecule has 7 nitrogen and oxygen atoms in total. The number of aromatic nitrogens is 2. The molecule has 1 aromatic heterocycles. The average molecular weight is 315 g/mol. The molecule has 23 heavy (non-hydrogen) atoms. The summed E-state index contributed by atoms with van der Waals surface area (Å²) in [6, 6.07) is 8.39. The van der Waals surface area contributed by atoms with Gasteiger partial charge >= 0.3 is 0 Å². The van der Waals surface area contributed by atoms with Crippen molar-refractivity contribution >= 4 is 5.91 Å². The van der Waals surface area contributed by atoms with Crippen LogP contribution in [0.5, 0.6) is 11.5 Å². The summed E-state index contributed by atoms with van der Waals surface area (Å²) in [7, 11) is 1.52. The van der Waals surface area contributed by atoms with Gasteiger partial charge in [0.2, 0.25) is 6.79 Å². The van der Waals surface area contributed by atoms with Gasteiger partial charge in [0.15, 0.2) is 11.5 Å². The zero-order chi connectivity index (χ0) is 16.4. The monoisotopic (exact) mass is 315 g/mol. The van der Waals surface area contributed by atoms with Crippen LogP contribution in [-0.4, -0.2) is 33.9 Å². The molecule has 0 radical (unpaired) electrons. The summed E-state index contributed by atoms with van der Waals surface area (Å²) in [6.07, 6.45) is 0. The number of amides is 1. The first-order valence-corrected chi connectivity index (χ1v) is 7.30. The molecule has 2 aromatic rings. The van der Waals surface area contributed by atoms with E-state index in [0.717, 1.165) is 10.2 Å². The fourth-order valence-electron chi connectivity index (χ4n) is 2.37. The fourth-order valence-corrected chi connectivity index (χ4v) is 2.37. The SMILES string of the molecule is CCN(Cc1ccc2c(c1)OCO2)C(=O)c1ccc(=O)n(C)n1. The third-order valence-corrected chi connectivity index (χ3v) is 3.66. The van der Waals surface area contributed by atoms with E-state index >= 15 is 0 Å². The van der Waals surface area contributed by atoms with Crippen LogP contribution in [0, 0.1) is 0 Å². The summed E-state index contributed by atoms with van der Waals surface area (Å²) in [5, 5.41) is 4.01. The number of benzene rings is 1. The lowest BCUT2D eigenvalue weighted by molar-refractivity contribution is 0.0744. The molecule has 0 N–H and O–H groups in total. The van der Waals surface area contributed by atoms with Crippen molar-refractivity contribution in [3.8, 4) is 11.5 Å². The number of nitrogens with zero attached hydrogens (tertiary/aromatic N) is 3. The van der Waals surface area contributed by atoms with Gasteiger partial charge in [-0.2, -0.15) is 5.10 Å². The summed E-state index contributed by atoms with van der Waals surface area (Å²) >= 11 is 0. The van der Waals surface area contributed by atoms with E-state index in [0.29, 0.717) is 24.6 Å². The third-order valence-electron chi connectivity index (χ3n) is 3.66. The van der Waals surface area contributed by atoms with Crippen LogP contribution in [0.2, 0.25) is 0 Å². The predicted molar refractivity (Wildman–Crippen MR) is 82.5 cm³/mol. The Balaban J connectivity index is 1.80. The summed E-state index contributed by atoms with van der Waals surface area (Å²) < 4.78 is 11.8. The van der Waals surface area contributed by atoms with Gasteiger partial charge in [0.25, 0.3) is 11.5 Å². The Kier molecular flexibility index (Phi) is 4.01. The summed E-state index contributed by atoms with van der Waals surface area (Å²) in [5.74, 6) is 1.18. The van der Waals surface area contributed by atoms with E-state index in [4.69, 9.17) is 9.47 Å². The maximum Gasteiger partial charge on any atom is 0.274 e. The smallest absolute Gasteiger partial charge is 0.274 e. The molecule has 1 aliphatic heterocycles. The van der Waals surface area contributed by atoms with Crippen LogP contribution in [-0.2, 0) is 13.6 Å². The topological polar surface area (TPSA) is 73.7 Å². The van der Waals surface area contributed by atoms with Gasteiger partial charge in [0.05, 0.1) is 0 Å². The number of carbonyl (C=O) groups is 1. The third kappa shape index (κ3) is 3.03. The van der Waals surface area contributed by atoms with Crippen molar-refractivity contribution in [1.29, 1.82) is 0 Å². The maximum atomic E-state index is 12.6. The van der Waals surface area contributed by atoms with Crippen molar-refractivity contribution in [3.05, 3.63) is 51.9 Å². The Morgan fingerprint density at radius 2 is 2.04 bits per heavy atom. The minimum Gasteiger partial charge on any atom is -0.454 e. The zero-order valence-corrected chi connectivity index (χ0v) is 13.0. The molecule has 0 unspecified atom stereocenters. The molecular weight excluding hydrogens is 298 g/mol. The van der Waals surface area contributed by atoms with Gasteiger partial charge in [-0.25, -0.2) is 4.68 Å². The highest BCUT2D eigenvalue weighted by molar-refractivity contribution is 5.92. The molecule has 7 heteroatoms. The highest BCUT2D eigenvalue weighted by Crippen LogP contribution is 2.32. The van der Waals surface area contributed by atoms with Crippen LogP contribution in [0.4, 0.5) is 0 Å². The highest BCUT2D eigenvalue weighted by atomic mass is 16.7. The van der Waals surface area contributed by atoms with Gasteiger partial charge in [-0.3, -0.25) is 9.59 Å². The van der Waals surface area contributed by atoms with Crippen molar-refractivity contribution in [2.45, 2.75) is 13.5 Å². The Bertz CT molecular complexity index is 800. The van der Waals surface area contributed by atoms with E-state index in [2.05, 4.69) is 5.10 Å². The molecule has 0 aliphatic carbocycles. The number of rotatable bonds is 4. The number of hydrogen-bond acceptors (Lipinski definition) is 5. The summed E-state index contributed by atoms with van der Waals surface area (Å²) in [6.45, 7) is 3.07. The highest BCUT2D eigenvalue weighted by Gasteiger charge is 2.19. The lowest BCUT2D eigenvalue weighted by atomic mass is 10.2. The van der Waals surface area contributed by atoms with Crippen molar-refractivity contribution in [1.82, 2.24) is 14.7 Å². The van der Waals surface area contributed by atoms with Gasteiger partial charge in [-0.1, -0.05) is 6.07 Å². The Morgan fingerprint density at radius 1 is 1.26 bits per heavy atom. The minimum atomic E-state index is -0.250. The number of carbonyl (C=O) groups excluding carboxylic acids is 1. The zero-order valence-electron chi connectivity index (χ0n) is 13.0. The van der Waals surface area contributed by atoms with E-state index in [-0.39, 0.29) is 24.0 Å². The second kappa shape index (κ2) is 6.12. The van der Waals surface area contributed by atoms with Crippen LogP contribution in [0.3, 0.4) is 0 Å². The Labute approximate surface area is 133 Å². The molecule has 0 spiro atoms. The molecule has 0 saturated heterocycles. The first-order chi connectivity index (χ1) is 11.1. The second-order valence-electron chi connectivity index (χ2n) is 5.19. The largest absolute Gasteiger partial charge is 0.454 e. The first-order valence-electron chi connectivity index (χ1n) is 7.30. The average Bonchev–Trinajstić information content (AvgIpc) is 3.02. The molecule has 2 heterocycles. The van der Waals surface area contributed by atoms with E-state index in [9.17, 15) is 9.59 Å². The molecule has 3 rings (SSSR count). The van der Waals surface area contributed by atoms with E-state index in [1.54, 1.807) is 4.90 Å². The minimum absolute atomic E-state index is 0.219. The lowest BCUT2D eigenvalue weighted by Gasteiger charge is -2.20. The van der Waals surface area contributed by atoms with Crippen molar-refractivity contribution in [2.24, 2.45) is 7.05 Å². The molecule has 1 aromatic carbocycles. The van der Waals surface area contributed by atoms with E-state index in [1.807, 2.05) is 25.1 Å². The van der Waals surface area contributed by atoms with E-state index < -0.39 is 0 Å². The molecule has 0 saturated carbocycles. The molecule has 0 atom stereocenters. The van der Waals surface area contributed by atoms with Gasteiger partial charge in [-0.05, 0) is 30.7 Å². The standard InChI is InChI=1S/C16H17N3O4/c1-3-19(16(21)12-5-7-15(20)18(2)17-12)9-11-4-6-13-14(8-11)23-10-22-13/h4-8H,3,9-10H2,1-2H3. The van der Waals surface area contributed by atoms with Crippen LogP contribution in [0.15, 0.2) is 35.1 Å². The quantitative estimate of drug-likeness (QED) is 0.847. The molecular formula is C16H17N3O4. The van der Waals surface area contributed by atoms with Gasteiger partial charge in [-0.15, -0.1) is 0 Å². The fraction of sp³-hybridized carbons (Fsp3) is 0.312. The Hall–Kier alpha value is -2.83. The first kappa shape index (κ1) is 15.1. The molecule has 1 aliphatic rings. The maximum absolute atomic E-state index is 12.6. The van der Waals surface area contributed by atoms with Gasteiger partial charge < -0.3 is 14.4 Å². The predicted octanol–water partition coefficient (Wildman–Crippen LogP) is 1.17. The van der Waals surface area contributed by atoms with Crippen LogP contribution < -0.4 is 15.0 Å². The molecule has 0 bridgehead atoms. The molecule has 1 amide bonds. The number of aryl methyl sites for hydroxylation is 1. The number of ether oxygens (including phenoxy) is 2. The lowest BCUT2D eigenvalue weighted by Crippen LogP contribution is -2.33. The summed E-state index contributed by atoms with van der Waals surface area (Å²) in [4.78, 5) is 25.6. The molecule has 120 valence electrons. The van der Waals surface area contributed by atoms with Crippen LogP contribution >= 0.6 is 0 Å². The molecule has 0 fully saturated rings. The van der Waals surface area contributed by atoms with Crippen LogP contribution in [0.1, 0.15) is 23.0 Å². The van der Waals surface area contributed by atoms with Crippen LogP contribution in [0.25, 0.3) is 0 Å². The van der Waals surface area contributed by atoms with Crippen molar-refractivity contribution in [3.63, 3.8) is 0 Å². The normalized spacial score (nSPS) is 12.3. The van der Waals surface area contributed by atoms with Gasteiger partial charge in [0.1, 0.15) is 5.69 Å². The van der Waals surface area contributed by atoms with E-state index in [1.165, 1.54) is 19.2 Å². The van der Waals surface area contributed by atoms with Gasteiger partial charge in [0, 0.05) is 26.2 Å². The summed E-state index contributed by atoms with van der Waals surface area (Å²) in [5.41, 5.74) is 0.935. The second-order valence-corrected chi connectivity index (χ2v) is 5.19. The van der Waals surface area contributed by atoms with Crippen molar-refractivity contribution < 1.29 is 14.3 Å². The number of hydrogen-bond donors (Lipinski definition) is 0. The Morgan fingerprint density at radius 3 is 2.78 bits per heavy atom. The van der Waals surface area contributed by atoms with Crippen molar-refractivity contribution in [2.75, 3.05) is 13.3 Å².